The zero-order valence-electron chi connectivity index (χ0n) is 18.0. The maximum absolute atomic E-state index is 11.8. The fourth-order valence-electron chi connectivity index (χ4n) is 4.25. The van der Waals surface area contributed by atoms with Crippen molar-refractivity contribution in [3.63, 3.8) is 0 Å². The van der Waals surface area contributed by atoms with Gasteiger partial charge in [-0.1, -0.05) is 65.7 Å². The summed E-state index contributed by atoms with van der Waals surface area (Å²) in [6.07, 6.45) is 0. The lowest BCUT2D eigenvalue weighted by atomic mass is 9.97. The molecule has 4 aromatic carbocycles. The van der Waals surface area contributed by atoms with E-state index in [1.54, 1.807) is 12.1 Å². The number of hydrogen-bond donors (Lipinski definition) is 3. The third-order valence-corrected chi connectivity index (χ3v) is 6.31. The van der Waals surface area contributed by atoms with Gasteiger partial charge >= 0.3 is 5.97 Å². The Hall–Kier alpha value is -4.13. The Labute approximate surface area is 209 Å². The van der Waals surface area contributed by atoms with Crippen molar-refractivity contribution in [2.45, 2.75) is 0 Å². The lowest BCUT2D eigenvalue weighted by Gasteiger charge is -2.10. The van der Waals surface area contributed by atoms with Crippen LogP contribution in [-0.2, 0) is 0 Å². The number of hydrogen-bond acceptors (Lipinski definition) is 3. The molecular weight excluding hydrogens is 483 g/mol. The van der Waals surface area contributed by atoms with E-state index in [1.807, 2.05) is 60.7 Å². The Balaban J connectivity index is 1.58. The minimum Gasteiger partial charge on any atom is -0.478 e. The maximum Gasteiger partial charge on any atom is 0.338 e. The molecule has 0 fully saturated rings. The molecule has 6 aromatic rings. The van der Waals surface area contributed by atoms with E-state index in [2.05, 4.69) is 15.0 Å². The summed E-state index contributed by atoms with van der Waals surface area (Å²) in [4.78, 5) is 27.8. The number of fused-ring (bicyclic) bond motifs is 2. The van der Waals surface area contributed by atoms with Crippen molar-refractivity contribution in [1.82, 2.24) is 19.9 Å². The normalized spacial score (nSPS) is 11.4. The smallest absolute Gasteiger partial charge is 0.338 e. The summed E-state index contributed by atoms with van der Waals surface area (Å²) in [7, 11) is 0. The summed E-state index contributed by atoms with van der Waals surface area (Å²) in [5.41, 5.74) is 6.18. The van der Waals surface area contributed by atoms with E-state index in [-0.39, 0.29) is 5.56 Å². The van der Waals surface area contributed by atoms with Gasteiger partial charge in [0.1, 0.15) is 17.2 Å². The van der Waals surface area contributed by atoms with E-state index in [0.29, 0.717) is 32.7 Å². The van der Waals surface area contributed by atoms with Crippen LogP contribution < -0.4 is 0 Å². The monoisotopic (exact) mass is 498 g/mol. The average molecular weight is 499 g/mol. The lowest BCUT2D eigenvalue weighted by Crippen LogP contribution is -1.97. The van der Waals surface area contributed by atoms with Gasteiger partial charge in [0.2, 0.25) is 0 Å². The Morgan fingerprint density at radius 2 is 1.49 bits per heavy atom. The predicted molar refractivity (Wildman–Crippen MR) is 139 cm³/mol. The van der Waals surface area contributed by atoms with Crippen molar-refractivity contribution in [2.75, 3.05) is 0 Å². The number of nitrogens with one attached hydrogen (secondary N) is 2. The Morgan fingerprint density at radius 1 is 0.714 bits per heavy atom. The molecule has 2 aromatic heterocycles. The van der Waals surface area contributed by atoms with Crippen molar-refractivity contribution in [3.8, 4) is 33.9 Å². The number of rotatable bonds is 4. The first kappa shape index (κ1) is 21.4. The highest BCUT2D eigenvalue weighted by atomic mass is 35.5. The quantitative estimate of drug-likeness (QED) is 0.235. The molecule has 0 spiro atoms. The van der Waals surface area contributed by atoms with Crippen LogP contribution in [0.25, 0.3) is 56.0 Å². The van der Waals surface area contributed by atoms with Gasteiger partial charge in [0.05, 0.1) is 22.1 Å². The standard InChI is InChI=1S/C27H16Cl2N4O2/c28-16-7-9-21-22(12-16)31-25(30-21)15-6-8-18(14-4-2-1-3-5-14)19(10-15)26-32-23-13-17(29)11-20(27(34)35)24(23)33-26/h1-13H,(H,30,31)(H,32,33)(H,34,35). The van der Waals surface area contributed by atoms with Gasteiger partial charge in [0.15, 0.2) is 0 Å². The Kier molecular flexibility index (Phi) is 5.06. The molecule has 0 bridgehead atoms. The van der Waals surface area contributed by atoms with E-state index in [9.17, 15) is 9.90 Å². The molecule has 0 aliphatic carbocycles. The number of benzene rings is 4. The van der Waals surface area contributed by atoms with Gasteiger partial charge in [-0.15, -0.1) is 0 Å². The summed E-state index contributed by atoms with van der Waals surface area (Å²) in [6.45, 7) is 0. The molecule has 0 radical (unpaired) electrons. The molecule has 0 aliphatic heterocycles. The van der Waals surface area contributed by atoms with Crippen molar-refractivity contribution in [3.05, 3.63) is 94.5 Å². The van der Waals surface area contributed by atoms with E-state index >= 15 is 0 Å². The van der Waals surface area contributed by atoms with Crippen LogP contribution in [0.1, 0.15) is 10.4 Å². The molecule has 0 atom stereocenters. The van der Waals surface area contributed by atoms with Crippen LogP contribution >= 0.6 is 23.2 Å². The number of H-pyrrole nitrogens is 2. The van der Waals surface area contributed by atoms with E-state index in [1.165, 1.54) is 6.07 Å². The number of halogens is 2. The minimum absolute atomic E-state index is 0.0431. The van der Waals surface area contributed by atoms with Gasteiger partial charge < -0.3 is 15.1 Å². The molecular formula is C27H16Cl2N4O2. The van der Waals surface area contributed by atoms with Gasteiger partial charge in [-0.25, -0.2) is 14.8 Å². The molecule has 3 N–H and O–H groups in total. The lowest BCUT2D eigenvalue weighted by molar-refractivity contribution is 0.0699. The molecule has 2 heterocycles. The number of carbonyl (C=O) groups is 1. The largest absolute Gasteiger partial charge is 0.478 e. The fourth-order valence-corrected chi connectivity index (χ4v) is 4.64. The molecule has 8 heteroatoms. The van der Waals surface area contributed by atoms with Crippen LogP contribution in [-0.4, -0.2) is 31.0 Å². The third-order valence-electron chi connectivity index (χ3n) is 5.86. The predicted octanol–water partition coefficient (Wildman–Crippen LogP) is 7.45. The van der Waals surface area contributed by atoms with Gasteiger partial charge in [-0.2, -0.15) is 0 Å². The third kappa shape index (κ3) is 3.83. The number of imidazole rings is 2. The minimum atomic E-state index is -1.09. The zero-order chi connectivity index (χ0) is 24.1. The molecule has 0 saturated heterocycles. The maximum atomic E-state index is 11.8. The van der Waals surface area contributed by atoms with Crippen LogP contribution in [0.15, 0.2) is 78.9 Å². The van der Waals surface area contributed by atoms with Crippen molar-refractivity contribution < 1.29 is 9.90 Å². The first-order valence-electron chi connectivity index (χ1n) is 10.7. The molecule has 6 rings (SSSR count). The second kappa shape index (κ2) is 8.27. The molecule has 0 amide bonds. The first-order valence-corrected chi connectivity index (χ1v) is 11.5. The molecule has 6 nitrogen and oxygen atoms in total. The second-order valence-corrected chi connectivity index (χ2v) is 8.99. The van der Waals surface area contributed by atoms with Crippen LogP contribution in [0.2, 0.25) is 10.0 Å². The van der Waals surface area contributed by atoms with Crippen LogP contribution in [0.4, 0.5) is 0 Å². The second-order valence-electron chi connectivity index (χ2n) is 8.11. The SMILES string of the molecule is O=C(O)c1cc(Cl)cc2[nH]c(-c3cc(-c4nc5ccc(Cl)cc5[nH]4)ccc3-c3ccccc3)nc12. The van der Waals surface area contributed by atoms with E-state index in [0.717, 1.165) is 33.3 Å². The summed E-state index contributed by atoms with van der Waals surface area (Å²) < 4.78 is 0. The topological polar surface area (TPSA) is 94.7 Å². The molecule has 0 saturated carbocycles. The summed E-state index contributed by atoms with van der Waals surface area (Å²) in [5.74, 6) is 0.131. The van der Waals surface area contributed by atoms with Crippen LogP contribution in [0, 0.1) is 0 Å². The number of carboxylic acid groups (broad SMARTS) is 1. The van der Waals surface area contributed by atoms with Gasteiger partial charge in [0, 0.05) is 21.2 Å². The first-order chi connectivity index (χ1) is 17.0. The number of nitrogens with zero attached hydrogens (tertiary/aromatic N) is 2. The zero-order valence-corrected chi connectivity index (χ0v) is 19.5. The number of aromatic nitrogens is 4. The molecule has 0 unspecified atom stereocenters. The van der Waals surface area contributed by atoms with E-state index in [4.69, 9.17) is 28.2 Å². The Morgan fingerprint density at radius 3 is 2.29 bits per heavy atom. The molecule has 35 heavy (non-hydrogen) atoms. The van der Waals surface area contributed by atoms with Crippen molar-refractivity contribution >= 4 is 51.2 Å². The highest BCUT2D eigenvalue weighted by molar-refractivity contribution is 6.32. The summed E-state index contributed by atoms with van der Waals surface area (Å²) in [5, 5.41) is 10.6. The number of carboxylic acids is 1. The fraction of sp³-hybridized carbons (Fsp3) is 0. The number of aromatic carboxylic acids is 1. The summed E-state index contributed by atoms with van der Waals surface area (Å²) in [6, 6.07) is 24.5. The molecule has 170 valence electrons. The summed E-state index contributed by atoms with van der Waals surface area (Å²) >= 11 is 12.3. The highest BCUT2D eigenvalue weighted by Gasteiger charge is 2.18. The Bertz CT molecular complexity index is 1760. The van der Waals surface area contributed by atoms with Crippen molar-refractivity contribution in [2.24, 2.45) is 0 Å². The highest BCUT2D eigenvalue weighted by Crippen LogP contribution is 2.36. The number of aromatic amines is 2. The van der Waals surface area contributed by atoms with Crippen LogP contribution in [0.3, 0.4) is 0 Å². The van der Waals surface area contributed by atoms with Crippen molar-refractivity contribution in [1.29, 1.82) is 0 Å². The van der Waals surface area contributed by atoms with Crippen LogP contribution in [0.5, 0.6) is 0 Å². The van der Waals surface area contributed by atoms with Gasteiger partial charge in [-0.05, 0) is 47.5 Å². The van der Waals surface area contributed by atoms with Gasteiger partial charge in [0.25, 0.3) is 0 Å². The molecule has 0 aliphatic rings. The van der Waals surface area contributed by atoms with E-state index < -0.39 is 5.97 Å². The average Bonchev–Trinajstić information content (AvgIpc) is 3.47. The van der Waals surface area contributed by atoms with Gasteiger partial charge in [-0.3, -0.25) is 0 Å².